The maximum atomic E-state index is 2.42. The number of hydrogen-bond acceptors (Lipinski definition) is 0. The van der Waals surface area contributed by atoms with Crippen LogP contribution in [0.5, 0.6) is 0 Å². The van der Waals surface area contributed by atoms with Gasteiger partial charge < -0.3 is 0 Å². The minimum Gasteiger partial charge on any atom is -0.0654 e. The number of rotatable bonds is 10. The summed E-state index contributed by atoms with van der Waals surface area (Å²) >= 11 is 2.42. The third-order valence-electron chi connectivity index (χ3n) is 4.46. The standard InChI is InChI=1S/C22H29I/c1-2-3-4-5-6-7-8-9-12-19-15-17-20(18-16-19)21-13-10-11-14-22(21)23/h10-11,13-18H,2-9,12H2,1H3. The Morgan fingerprint density at radius 3 is 1.96 bits per heavy atom. The molecule has 0 amide bonds. The van der Waals surface area contributed by atoms with E-state index in [0.29, 0.717) is 0 Å². The number of benzene rings is 2. The van der Waals surface area contributed by atoms with Crippen LogP contribution in [0.25, 0.3) is 11.1 Å². The zero-order chi connectivity index (χ0) is 16.3. The summed E-state index contributed by atoms with van der Waals surface area (Å²) in [5.74, 6) is 0. The lowest BCUT2D eigenvalue weighted by atomic mass is 10.0. The van der Waals surface area contributed by atoms with Crippen LogP contribution < -0.4 is 0 Å². The van der Waals surface area contributed by atoms with Crippen molar-refractivity contribution < 1.29 is 0 Å². The summed E-state index contributed by atoms with van der Waals surface area (Å²) in [5, 5.41) is 0. The van der Waals surface area contributed by atoms with E-state index < -0.39 is 0 Å². The first-order valence-corrected chi connectivity index (χ1v) is 10.2. The molecule has 2 aromatic carbocycles. The lowest BCUT2D eigenvalue weighted by Gasteiger charge is -2.07. The molecule has 0 unspecified atom stereocenters. The highest BCUT2D eigenvalue weighted by Gasteiger charge is 2.02. The van der Waals surface area contributed by atoms with Gasteiger partial charge in [-0.1, -0.05) is 94.3 Å². The van der Waals surface area contributed by atoms with E-state index in [1.165, 1.54) is 78.0 Å². The van der Waals surface area contributed by atoms with Crippen LogP contribution in [0.3, 0.4) is 0 Å². The second kappa shape index (κ2) is 10.9. The van der Waals surface area contributed by atoms with Gasteiger partial charge in [-0.3, -0.25) is 0 Å². The Balaban J connectivity index is 1.70. The first kappa shape index (κ1) is 18.5. The zero-order valence-corrected chi connectivity index (χ0v) is 16.5. The Morgan fingerprint density at radius 2 is 1.30 bits per heavy atom. The van der Waals surface area contributed by atoms with Crippen molar-refractivity contribution >= 4 is 22.6 Å². The van der Waals surface area contributed by atoms with E-state index in [9.17, 15) is 0 Å². The molecule has 0 atom stereocenters. The highest BCUT2D eigenvalue weighted by molar-refractivity contribution is 14.1. The van der Waals surface area contributed by atoms with Gasteiger partial charge in [0.25, 0.3) is 0 Å². The Bertz CT molecular complexity index is 556. The fraction of sp³-hybridized carbons (Fsp3) is 0.455. The number of aryl methyl sites for hydroxylation is 1. The van der Waals surface area contributed by atoms with Crippen molar-refractivity contribution in [3.05, 3.63) is 57.7 Å². The van der Waals surface area contributed by atoms with Gasteiger partial charge in [-0.2, -0.15) is 0 Å². The first-order chi connectivity index (χ1) is 11.3. The molecule has 2 aromatic rings. The second-order valence-corrected chi connectivity index (χ2v) is 7.56. The van der Waals surface area contributed by atoms with Crippen LogP contribution in [-0.2, 0) is 6.42 Å². The van der Waals surface area contributed by atoms with E-state index in [0.717, 1.165) is 0 Å². The lowest BCUT2D eigenvalue weighted by Crippen LogP contribution is -1.88. The molecule has 0 saturated heterocycles. The van der Waals surface area contributed by atoms with Gasteiger partial charge in [0.2, 0.25) is 0 Å². The van der Waals surface area contributed by atoms with E-state index >= 15 is 0 Å². The van der Waals surface area contributed by atoms with Crippen LogP contribution in [0.15, 0.2) is 48.5 Å². The molecule has 23 heavy (non-hydrogen) atoms. The number of unbranched alkanes of at least 4 members (excludes halogenated alkanes) is 7. The average Bonchev–Trinajstić information content (AvgIpc) is 2.58. The quantitative estimate of drug-likeness (QED) is 0.274. The van der Waals surface area contributed by atoms with Crippen molar-refractivity contribution in [2.24, 2.45) is 0 Å². The van der Waals surface area contributed by atoms with Crippen LogP contribution >= 0.6 is 22.6 Å². The van der Waals surface area contributed by atoms with E-state index in [1.54, 1.807) is 0 Å². The van der Waals surface area contributed by atoms with Gasteiger partial charge in [-0.05, 0) is 58.2 Å². The van der Waals surface area contributed by atoms with E-state index in [-0.39, 0.29) is 0 Å². The highest BCUT2D eigenvalue weighted by atomic mass is 127. The normalized spacial score (nSPS) is 10.9. The lowest BCUT2D eigenvalue weighted by molar-refractivity contribution is 0.575. The molecule has 124 valence electrons. The smallest absolute Gasteiger partial charge is 0.0208 e. The van der Waals surface area contributed by atoms with Gasteiger partial charge in [0.05, 0.1) is 0 Å². The molecule has 0 heterocycles. The molecular formula is C22H29I. The van der Waals surface area contributed by atoms with E-state index in [2.05, 4.69) is 78.0 Å². The molecule has 0 aromatic heterocycles. The summed E-state index contributed by atoms with van der Waals surface area (Å²) in [6.07, 6.45) is 12.4. The molecule has 0 radical (unpaired) electrons. The van der Waals surface area contributed by atoms with E-state index in [1.807, 2.05) is 0 Å². The van der Waals surface area contributed by atoms with Crippen molar-refractivity contribution in [3.8, 4) is 11.1 Å². The van der Waals surface area contributed by atoms with Gasteiger partial charge in [0.1, 0.15) is 0 Å². The topological polar surface area (TPSA) is 0 Å². The molecule has 0 aliphatic carbocycles. The third kappa shape index (κ3) is 6.66. The summed E-state index contributed by atoms with van der Waals surface area (Å²) in [6.45, 7) is 2.28. The molecule has 0 fully saturated rings. The maximum absolute atomic E-state index is 2.42. The van der Waals surface area contributed by atoms with Crippen molar-refractivity contribution in [2.45, 2.75) is 64.7 Å². The van der Waals surface area contributed by atoms with Gasteiger partial charge >= 0.3 is 0 Å². The summed E-state index contributed by atoms with van der Waals surface area (Å²) < 4.78 is 1.32. The largest absolute Gasteiger partial charge is 0.0654 e. The van der Waals surface area contributed by atoms with Crippen molar-refractivity contribution in [2.75, 3.05) is 0 Å². The SMILES string of the molecule is CCCCCCCCCCc1ccc(-c2ccccc2I)cc1. The third-order valence-corrected chi connectivity index (χ3v) is 5.40. The van der Waals surface area contributed by atoms with Gasteiger partial charge in [0.15, 0.2) is 0 Å². The first-order valence-electron chi connectivity index (χ1n) is 9.15. The summed E-state index contributed by atoms with van der Waals surface area (Å²) in [6, 6.07) is 17.8. The molecule has 0 aliphatic heterocycles. The van der Waals surface area contributed by atoms with Crippen molar-refractivity contribution in [1.29, 1.82) is 0 Å². The van der Waals surface area contributed by atoms with Gasteiger partial charge in [-0.25, -0.2) is 0 Å². The highest BCUT2D eigenvalue weighted by Crippen LogP contribution is 2.25. The predicted molar refractivity (Wildman–Crippen MR) is 111 cm³/mol. The summed E-state index contributed by atoms with van der Waals surface area (Å²) in [5.41, 5.74) is 4.15. The molecular weight excluding hydrogens is 391 g/mol. The fourth-order valence-corrected chi connectivity index (χ4v) is 3.71. The Morgan fingerprint density at radius 1 is 0.696 bits per heavy atom. The van der Waals surface area contributed by atoms with Gasteiger partial charge in [-0.15, -0.1) is 0 Å². The monoisotopic (exact) mass is 420 g/mol. The van der Waals surface area contributed by atoms with Gasteiger partial charge in [0, 0.05) is 3.57 Å². The van der Waals surface area contributed by atoms with Crippen LogP contribution in [0.2, 0.25) is 0 Å². The molecule has 2 rings (SSSR count). The molecule has 0 aliphatic rings. The minimum atomic E-state index is 1.22. The van der Waals surface area contributed by atoms with Crippen LogP contribution in [-0.4, -0.2) is 0 Å². The van der Waals surface area contributed by atoms with E-state index in [4.69, 9.17) is 0 Å². The summed E-state index contributed by atoms with van der Waals surface area (Å²) in [7, 11) is 0. The fourth-order valence-electron chi connectivity index (χ4n) is 3.01. The molecule has 1 heteroatoms. The maximum Gasteiger partial charge on any atom is 0.0208 e. The van der Waals surface area contributed by atoms with Crippen molar-refractivity contribution in [1.82, 2.24) is 0 Å². The molecule has 0 spiro atoms. The summed E-state index contributed by atoms with van der Waals surface area (Å²) in [4.78, 5) is 0. The Labute approximate surface area is 155 Å². The number of halogens is 1. The molecule has 0 bridgehead atoms. The van der Waals surface area contributed by atoms with Crippen molar-refractivity contribution in [3.63, 3.8) is 0 Å². The zero-order valence-electron chi connectivity index (χ0n) is 14.4. The molecule has 0 nitrogen and oxygen atoms in total. The number of hydrogen-bond donors (Lipinski definition) is 0. The van der Waals surface area contributed by atoms with Crippen LogP contribution in [0.4, 0.5) is 0 Å². The van der Waals surface area contributed by atoms with Crippen LogP contribution in [0, 0.1) is 3.57 Å². The minimum absolute atomic E-state index is 1.22. The molecule has 0 N–H and O–H groups in total. The molecule has 0 saturated carbocycles. The van der Waals surface area contributed by atoms with Crippen LogP contribution in [0.1, 0.15) is 63.9 Å². The Kier molecular flexibility index (Phi) is 8.73. The average molecular weight is 420 g/mol. The second-order valence-electron chi connectivity index (χ2n) is 6.40. The predicted octanol–water partition coefficient (Wildman–Crippen LogP) is 7.64. The Hall–Kier alpha value is -0.830.